The summed E-state index contributed by atoms with van der Waals surface area (Å²) in [7, 11) is 2.96. The van der Waals surface area contributed by atoms with Crippen LogP contribution in [0.5, 0.6) is 11.5 Å². The lowest BCUT2D eigenvalue weighted by atomic mass is 9.98. The Hall–Kier alpha value is -3.82. The highest BCUT2D eigenvalue weighted by Crippen LogP contribution is 2.40. The standard InChI is InChI=1S/C27H24Cl2FNO7/c1-37-21-9-15(13-30)10-22(38-2)23(21)16-6-3-14(4-7-16)5-8-20(27(35)36)31-25(32)24-18(28)11-17(26(33)34)12-19(24)29/h3-4,6-7,9-12,20H,5,8,13H2,1-2H3,(H,31,32)(H,33,34)(H,35,36)/t20-/m0/s1. The van der Waals surface area contributed by atoms with Crippen LogP contribution in [0.2, 0.25) is 10.0 Å². The van der Waals surface area contributed by atoms with Crippen LogP contribution < -0.4 is 14.8 Å². The zero-order chi connectivity index (χ0) is 28.0. The van der Waals surface area contributed by atoms with Crippen molar-refractivity contribution in [3.63, 3.8) is 0 Å². The van der Waals surface area contributed by atoms with Crippen molar-refractivity contribution in [1.82, 2.24) is 5.32 Å². The van der Waals surface area contributed by atoms with Crippen molar-refractivity contribution < 1.29 is 38.5 Å². The van der Waals surface area contributed by atoms with E-state index in [0.29, 0.717) is 29.0 Å². The van der Waals surface area contributed by atoms with Crippen LogP contribution in [0.1, 0.15) is 38.3 Å². The highest BCUT2D eigenvalue weighted by molar-refractivity contribution is 6.40. The molecule has 0 saturated carbocycles. The van der Waals surface area contributed by atoms with E-state index in [2.05, 4.69) is 5.32 Å². The van der Waals surface area contributed by atoms with Crippen molar-refractivity contribution in [3.05, 3.63) is 80.8 Å². The molecule has 38 heavy (non-hydrogen) atoms. The first-order valence-corrected chi connectivity index (χ1v) is 12.0. The Morgan fingerprint density at radius 2 is 1.47 bits per heavy atom. The molecule has 0 heterocycles. The maximum atomic E-state index is 13.2. The van der Waals surface area contributed by atoms with Gasteiger partial charge in [0.1, 0.15) is 24.2 Å². The Balaban J connectivity index is 1.75. The molecule has 1 atom stereocenters. The molecule has 3 N–H and O–H groups in total. The molecule has 0 aliphatic rings. The lowest BCUT2D eigenvalue weighted by Gasteiger charge is -2.17. The molecule has 1 amide bonds. The van der Waals surface area contributed by atoms with E-state index in [1.54, 1.807) is 24.3 Å². The van der Waals surface area contributed by atoms with Crippen LogP contribution in [-0.2, 0) is 17.9 Å². The van der Waals surface area contributed by atoms with Gasteiger partial charge in [-0.1, -0.05) is 47.5 Å². The van der Waals surface area contributed by atoms with Gasteiger partial charge in [0, 0.05) is 0 Å². The molecule has 3 rings (SSSR count). The summed E-state index contributed by atoms with van der Waals surface area (Å²) >= 11 is 12.1. The van der Waals surface area contributed by atoms with E-state index in [4.69, 9.17) is 37.8 Å². The molecule has 8 nitrogen and oxygen atoms in total. The molecule has 0 fully saturated rings. The predicted molar refractivity (Wildman–Crippen MR) is 140 cm³/mol. The summed E-state index contributed by atoms with van der Waals surface area (Å²) in [5, 5.41) is 20.7. The largest absolute Gasteiger partial charge is 0.496 e. The van der Waals surface area contributed by atoms with Crippen molar-refractivity contribution in [3.8, 4) is 22.6 Å². The van der Waals surface area contributed by atoms with Gasteiger partial charge in [-0.15, -0.1) is 0 Å². The molecule has 0 saturated heterocycles. The summed E-state index contributed by atoms with van der Waals surface area (Å²) in [6, 6.07) is 11.3. The lowest BCUT2D eigenvalue weighted by molar-refractivity contribution is -0.139. The molecule has 0 spiro atoms. The Kier molecular flexibility index (Phi) is 9.55. The second-order valence-corrected chi connectivity index (χ2v) is 9.04. The van der Waals surface area contributed by atoms with E-state index < -0.39 is 30.6 Å². The summed E-state index contributed by atoms with van der Waals surface area (Å²) in [6.07, 6.45) is 0.368. The molecule has 0 aromatic heterocycles. The van der Waals surface area contributed by atoms with Crippen LogP contribution >= 0.6 is 23.2 Å². The normalized spacial score (nSPS) is 11.5. The van der Waals surface area contributed by atoms with Gasteiger partial charge in [-0.2, -0.15) is 0 Å². The van der Waals surface area contributed by atoms with E-state index in [9.17, 15) is 23.9 Å². The molecule has 0 bridgehead atoms. The summed E-state index contributed by atoms with van der Waals surface area (Å²) in [5.41, 5.74) is 2.21. The van der Waals surface area contributed by atoms with Gasteiger partial charge in [0.25, 0.3) is 5.91 Å². The van der Waals surface area contributed by atoms with Gasteiger partial charge in [0.05, 0.1) is 41.0 Å². The van der Waals surface area contributed by atoms with Crippen molar-refractivity contribution in [2.24, 2.45) is 0 Å². The first-order chi connectivity index (χ1) is 18.1. The Labute approximate surface area is 227 Å². The number of nitrogens with one attached hydrogen (secondary N) is 1. The van der Waals surface area contributed by atoms with Crippen LogP contribution in [0.3, 0.4) is 0 Å². The van der Waals surface area contributed by atoms with E-state index in [1.807, 2.05) is 12.1 Å². The van der Waals surface area contributed by atoms with E-state index in [-0.39, 0.29) is 27.6 Å². The van der Waals surface area contributed by atoms with Crippen LogP contribution in [0, 0.1) is 0 Å². The third-order valence-electron chi connectivity index (χ3n) is 5.80. The Bertz CT molecular complexity index is 1310. The monoisotopic (exact) mass is 563 g/mol. The van der Waals surface area contributed by atoms with Gasteiger partial charge in [-0.25, -0.2) is 14.0 Å². The Morgan fingerprint density at radius 3 is 1.92 bits per heavy atom. The number of aryl methyl sites for hydroxylation is 1. The number of ether oxygens (including phenoxy) is 2. The minimum atomic E-state index is -1.27. The molecule has 0 aliphatic carbocycles. The van der Waals surface area contributed by atoms with Crippen LogP contribution in [0.4, 0.5) is 4.39 Å². The number of aliphatic carboxylic acids is 1. The van der Waals surface area contributed by atoms with Gasteiger partial charge in [0.15, 0.2) is 0 Å². The number of aromatic carboxylic acids is 1. The number of carboxylic acids is 2. The molecule has 0 unspecified atom stereocenters. The number of rotatable bonds is 11. The van der Waals surface area contributed by atoms with Crippen molar-refractivity contribution in [1.29, 1.82) is 0 Å². The summed E-state index contributed by atoms with van der Waals surface area (Å²) < 4.78 is 24.1. The van der Waals surface area contributed by atoms with Gasteiger partial charge >= 0.3 is 11.9 Å². The molecular weight excluding hydrogens is 540 g/mol. The topological polar surface area (TPSA) is 122 Å². The quantitative estimate of drug-likeness (QED) is 0.275. The lowest BCUT2D eigenvalue weighted by Crippen LogP contribution is -2.41. The minimum Gasteiger partial charge on any atom is -0.496 e. The number of halogens is 3. The number of alkyl halides is 1. The molecule has 0 aliphatic heterocycles. The average molecular weight is 564 g/mol. The summed E-state index contributed by atoms with van der Waals surface area (Å²) in [4.78, 5) is 35.7. The van der Waals surface area contributed by atoms with Gasteiger partial charge in [-0.05, 0) is 53.8 Å². The van der Waals surface area contributed by atoms with Crippen molar-refractivity contribution in [2.45, 2.75) is 25.6 Å². The van der Waals surface area contributed by atoms with E-state index in [0.717, 1.165) is 23.3 Å². The van der Waals surface area contributed by atoms with Crippen LogP contribution in [-0.4, -0.2) is 48.3 Å². The molecule has 200 valence electrons. The Morgan fingerprint density at radius 1 is 0.921 bits per heavy atom. The fourth-order valence-corrected chi connectivity index (χ4v) is 4.54. The number of amides is 1. The van der Waals surface area contributed by atoms with Crippen molar-refractivity contribution in [2.75, 3.05) is 14.2 Å². The maximum Gasteiger partial charge on any atom is 0.335 e. The van der Waals surface area contributed by atoms with Crippen LogP contribution in [0.15, 0.2) is 48.5 Å². The summed E-state index contributed by atoms with van der Waals surface area (Å²) in [5.74, 6) is -2.47. The number of methoxy groups -OCH3 is 2. The zero-order valence-corrected chi connectivity index (χ0v) is 21.9. The van der Waals surface area contributed by atoms with E-state index >= 15 is 0 Å². The zero-order valence-electron chi connectivity index (χ0n) is 20.4. The number of carbonyl (C=O) groups excluding carboxylic acids is 1. The molecule has 0 radical (unpaired) electrons. The van der Waals surface area contributed by atoms with Crippen molar-refractivity contribution >= 4 is 41.0 Å². The molecule has 11 heteroatoms. The fraction of sp³-hybridized carbons (Fsp3) is 0.222. The highest BCUT2D eigenvalue weighted by Gasteiger charge is 2.25. The second kappa shape index (κ2) is 12.6. The average Bonchev–Trinajstić information content (AvgIpc) is 2.89. The third kappa shape index (κ3) is 6.54. The first kappa shape index (κ1) is 28.7. The molecule has 3 aromatic rings. The minimum absolute atomic E-state index is 0.0563. The number of carboxylic acid groups (broad SMARTS) is 2. The van der Waals surface area contributed by atoms with Gasteiger partial charge in [-0.3, -0.25) is 4.79 Å². The summed E-state index contributed by atoms with van der Waals surface area (Å²) in [6.45, 7) is -0.667. The van der Waals surface area contributed by atoms with Crippen LogP contribution in [0.25, 0.3) is 11.1 Å². The number of carbonyl (C=O) groups is 3. The van der Waals surface area contributed by atoms with Gasteiger partial charge < -0.3 is 25.0 Å². The predicted octanol–water partition coefficient (Wildman–Crippen LogP) is 5.66. The molecule has 3 aromatic carbocycles. The van der Waals surface area contributed by atoms with Gasteiger partial charge in [0.2, 0.25) is 0 Å². The van der Waals surface area contributed by atoms with E-state index in [1.165, 1.54) is 14.2 Å². The first-order valence-electron chi connectivity index (χ1n) is 11.3. The number of benzene rings is 3. The number of hydrogen-bond acceptors (Lipinski definition) is 5. The smallest absolute Gasteiger partial charge is 0.335 e. The second-order valence-electron chi connectivity index (χ2n) is 8.23. The fourth-order valence-electron chi connectivity index (χ4n) is 3.88. The molecular formula is C27H24Cl2FNO7. The third-order valence-corrected chi connectivity index (χ3v) is 6.40. The SMILES string of the molecule is COc1cc(CF)cc(OC)c1-c1ccc(CC[C@H](NC(=O)c2c(Cl)cc(C(=O)O)cc2Cl)C(=O)O)cc1. The highest BCUT2D eigenvalue weighted by atomic mass is 35.5. The maximum absolute atomic E-state index is 13.2. The number of hydrogen-bond donors (Lipinski definition) is 3.